The molecular formula is C41H24N6Na4O15S4. The molecule has 0 radical (unpaired) electrons. The number of aromatic hydroxyl groups is 2. The predicted octanol–water partition coefficient (Wildman–Crippen LogP) is -4.18. The summed E-state index contributed by atoms with van der Waals surface area (Å²) >= 11 is 0. The van der Waals surface area contributed by atoms with Gasteiger partial charge in [-0.2, -0.15) is 0 Å². The van der Waals surface area contributed by atoms with E-state index in [1.807, 2.05) is 0 Å². The normalized spacial score (nSPS) is 12.1. The summed E-state index contributed by atoms with van der Waals surface area (Å²) in [5.74, 6) is -1.59. The van der Waals surface area contributed by atoms with Gasteiger partial charge in [-0.25, -0.2) is 38.5 Å². The Morgan fingerprint density at radius 1 is 0.400 bits per heavy atom. The van der Waals surface area contributed by atoms with Gasteiger partial charge in [0.15, 0.2) is 11.5 Å². The number of fused-ring (bicyclic) bond motifs is 4. The number of benzene rings is 8. The molecule has 0 aliphatic heterocycles. The molecule has 2 amide bonds. The monoisotopic (exact) mass is 1060 g/mol. The fourth-order valence-electron chi connectivity index (χ4n) is 7.07. The maximum Gasteiger partial charge on any atom is 1.00 e. The zero-order chi connectivity index (χ0) is 47.5. The van der Waals surface area contributed by atoms with Gasteiger partial charge in [-0.05, 0) is 83.6 Å². The molecule has 0 aliphatic carbocycles. The van der Waals surface area contributed by atoms with Crippen LogP contribution in [0.15, 0.2) is 161 Å². The van der Waals surface area contributed by atoms with E-state index in [2.05, 4.69) is 31.1 Å². The third kappa shape index (κ3) is 12.5. The third-order valence-electron chi connectivity index (χ3n) is 9.93. The minimum atomic E-state index is -5.36. The molecule has 0 aromatic heterocycles. The van der Waals surface area contributed by atoms with Crippen molar-refractivity contribution in [2.24, 2.45) is 20.5 Å². The van der Waals surface area contributed by atoms with Gasteiger partial charge in [-0.1, -0.05) is 48.5 Å². The number of urea groups is 1. The number of phenols is 2. The minimum absolute atomic E-state index is 0. The Balaban J connectivity index is 0.00000266. The van der Waals surface area contributed by atoms with Gasteiger partial charge in [0, 0.05) is 43.7 Å². The Morgan fingerprint density at radius 2 is 0.729 bits per heavy atom. The second-order valence-electron chi connectivity index (χ2n) is 14.1. The summed E-state index contributed by atoms with van der Waals surface area (Å²) < 4.78 is 145. The van der Waals surface area contributed by atoms with Crippen LogP contribution >= 0.6 is 0 Å². The first-order chi connectivity index (χ1) is 31.0. The van der Waals surface area contributed by atoms with Crippen molar-refractivity contribution < 1.29 is 185 Å². The second-order valence-corrected chi connectivity index (χ2v) is 19.5. The number of nitrogens with one attached hydrogen (secondary N) is 2. The Morgan fingerprint density at radius 3 is 1.07 bits per heavy atom. The first-order valence-corrected chi connectivity index (χ1v) is 24.0. The van der Waals surface area contributed by atoms with Crippen LogP contribution < -0.4 is 129 Å². The van der Waals surface area contributed by atoms with E-state index in [1.54, 1.807) is 0 Å². The molecule has 0 saturated heterocycles. The van der Waals surface area contributed by atoms with Crippen LogP contribution in [0.2, 0.25) is 0 Å². The summed E-state index contributed by atoms with van der Waals surface area (Å²) in [4.78, 5) is 10.0. The first-order valence-electron chi connectivity index (χ1n) is 18.4. The number of hydrogen-bond acceptors (Lipinski definition) is 19. The Labute approximate surface area is 486 Å². The van der Waals surface area contributed by atoms with Crippen molar-refractivity contribution in [3.8, 4) is 11.5 Å². The van der Waals surface area contributed by atoms with Crippen LogP contribution in [0.4, 0.5) is 38.9 Å². The fourth-order valence-corrected chi connectivity index (χ4v) is 9.75. The van der Waals surface area contributed by atoms with Gasteiger partial charge in [-0.3, -0.25) is 0 Å². The van der Waals surface area contributed by atoms with E-state index in [4.69, 9.17) is 0 Å². The standard InChI is InChI=1S/C41H28N6O15S4.4Na/c48-39-25-15-13-23(17-21(25)19-35(65(57,58)59)37(39)46-44-31-9-1-7-29-27(31)5-3-11-33(29)63(51,52)53)42-41(50)43-24-14-16-26-22(18-24)20-36(66(60,61)62)38(40(26)49)47-45-32-10-2-8-30-28(32)6-4-12-34(30)64(54,55)56;;;;/h1-20,48-49H,(H2,42,43,50)(H,51,52,53)(H,54,55,56)(H,57,58,59)(H,60,61,62);;;;/q;4*+1/p-4. The number of nitrogens with zero attached hydrogens (tertiary/aromatic N) is 4. The summed E-state index contributed by atoms with van der Waals surface area (Å²) in [6.45, 7) is 0. The molecule has 0 fully saturated rings. The van der Waals surface area contributed by atoms with E-state index in [0.29, 0.717) is 0 Å². The molecule has 29 heteroatoms. The number of amides is 2. The quantitative estimate of drug-likeness (QED) is 0.0574. The maximum absolute atomic E-state index is 13.2. The largest absolute Gasteiger partial charge is 1.00 e. The summed E-state index contributed by atoms with van der Waals surface area (Å²) in [6.07, 6.45) is 0. The molecule has 0 bridgehead atoms. The van der Waals surface area contributed by atoms with Crippen LogP contribution in [0.3, 0.4) is 0 Å². The SMILES string of the molecule is O=C(Nc1ccc2c(O)c(N=Nc3cccc4c(S(=O)(=O)[O-])cccc34)c(S(=O)(=O)[O-])cc2c1)Nc1ccc2c(O)c(N=Nc3cccc4c(S(=O)(=O)[O-])cccc34)c(S(=O)(=O)[O-])cc2c1.[Na+].[Na+].[Na+].[Na+]. The van der Waals surface area contributed by atoms with Gasteiger partial charge >= 0.3 is 124 Å². The molecule has 4 N–H and O–H groups in total. The fraction of sp³-hybridized carbons (Fsp3) is 0. The van der Waals surface area contributed by atoms with Crippen LogP contribution in [0.1, 0.15) is 0 Å². The van der Waals surface area contributed by atoms with Gasteiger partial charge in [0.25, 0.3) is 0 Å². The second kappa shape index (κ2) is 22.7. The molecule has 0 heterocycles. The molecule has 336 valence electrons. The molecular weight excluding hydrogens is 1040 g/mol. The van der Waals surface area contributed by atoms with Gasteiger partial charge in [0.05, 0.1) is 31.0 Å². The number of carbonyl (C=O) groups is 1. The molecule has 0 atom stereocenters. The first kappa shape index (κ1) is 59.1. The van der Waals surface area contributed by atoms with Crippen LogP contribution in [-0.2, 0) is 40.5 Å². The van der Waals surface area contributed by atoms with Crippen LogP contribution in [0.5, 0.6) is 11.5 Å². The van der Waals surface area contributed by atoms with Gasteiger partial charge in [0.1, 0.15) is 51.8 Å². The van der Waals surface area contributed by atoms with Gasteiger partial charge in [0.2, 0.25) is 0 Å². The predicted molar refractivity (Wildman–Crippen MR) is 232 cm³/mol. The van der Waals surface area contributed by atoms with Crippen molar-refractivity contribution in [2.75, 3.05) is 10.6 Å². The summed E-state index contributed by atoms with van der Waals surface area (Å²) in [5.41, 5.74) is -1.58. The van der Waals surface area contributed by atoms with Gasteiger partial charge < -0.3 is 39.1 Å². The van der Waals surface area contributed by atoms with E-state index >= 15 is 0 Å². The van der Waals surface area contributed by atoms with Crippen LogP contribution in [0, 0.1) is 0 Å². The van der Waals surface area contributed by atoms with E-state index < -0.39 is 89.0 Å². The smallest absolute Gasteiger partial charge is 0.744 e. The van der Waals surface area contributed by atoms with Crippen molar-refractivity contribution >= 4 is 124 Å². The van der Waals surface area contributed by atoms with E-state index in [9.17, 15) is 66.9 Å². The number of hydrogen-bond donors (Lipinski definition) is 4. The van der Waals surface area contributed by atoms with Crippen molar-refractivity contribution in [2.45, 2.75) is 19.6 Å². The minimum Gasteiger partial charge on any atom is -0.744 e. The maximum atomic E-state index is 13.2. The molecule has 8 aromatic carbocycles. The Bertz CT molecular complexity index is 3710. The number of rotatable bonds is 10. The Hall–Kier alpha value is -3.49. The molecule has 0 aliphatic rings. The summed E-state index contributed by atoms with van der Waals surface area (Å²) in [7, 11) is -20.5. The number of carbonyl (C=O) groups excluding carboxylic acids is 1. The van der Waals surface area contributed by atoms with Crippen molar-refractivity contribution in [3.63, 3.8) is 0 Å². The van der Waals surface area contributed by atoms with E-state index in [1.165, 1.54) is 97.1 Å². The number of anilines is 2. The summed E-state index contributed by atoms with van der Waals surface area (Å²) in [5, 5.41) is 42.9. The molecule has 0 unspecified atom stereocenters. The molecule has 21 nitrogen and oxygen atoms in total. The van der Waals surface area contributed by atoms with E-state index in [0.717, 1.165) is 24.3 Å². The van der Waals surface area contributed by atoms with Crippen LogP contribution in [-0.4, -0.2) is 68.1 Å². The van der Waals surface area contributed by atoms with Crippen molar-refractivity contribution in [1.82, 2.24) is 0 Å². The van der Waals surface area contributed by atoms with E-state index in [-0.39, 0.29) is 184 Å². The molecule has 8 aromatic rings. The zero-order valence-electron chi connectivity index (χ0n) is 36.7. The van der Waals surface area contributed by atoms with Crippen LogP contribution in [0.25, 0.3) is 43.1 Å². The molecule has 8 rings (SSSR count). The van der Waals surface area contributed by atoms with Gasteiger partial charge in [-0.15, -0.1) is 20.5 Å². The Kier molecular flexibility index (Phi) is 19.2. The third-order valence-corrected chi connectivity index (χ3v) is 13.4. The topological polar surface area (TPSA) is 360 Å². The number of phenolic OH excluding ortho intramolecular Hbond substituents is 2. The molecule has 0 spiro atoms. The number of azo groups is 2. The average molecular weight is 1060 g/mol. The van der Waals surface area contributed by atoms with Crippen molar-refractivity contribution in [3.05, 3.63) is 121 Å². The van der Waals surface area contributed by atoms with Crippen molar-refractivity contribution in [1.29, 1.82) is 0 Å². The zero-order valence-corrected chi connectivity index (χ0v) is 47.9. The average Bonchev–Trinajstić information content (AvgIpc) is 3.23. The molecule has 0 saturated carbocycles. The molecule has 70 heavy (non-hydrogen) atoms. The summed E-state index contributed by atoms with van der Waals surface area (Å²) in [6, 6.07) is 24.1.